The summed E-state index contributed by atoms with van der Waals surface area (Å²) < 4.78 is 0. The van der Waals surface area contributed by atoms with Gasteiger partial charge in [0, 0.05) is 17.7 Å². The first-order chi connectivity index (χ1) is 9.90. The maximum absolute atomic E-state index is 5.87. The van der Waals surface area contributed by atoms with Gasteiger partial charge >= 0.3 is 0 Å². The number of rotatable bonds is 4. The second-order valence-corrected chi connectivity index (χ2v) is 6.07. The molecule has 0 radical (unpaired) electrons. The van der Waals surface area contributed by atoms with Crippen molar-refractivity contribution < 1.29 is 0 Å². The molecule has 0 unspecified atom stereocenters. The summed E-state index contributed by atoms with van der Waals surface area (Å²) in [5, 5.41) is 3.30. The smallest absolute Gasteiger partial charge is 0.138 e. The fraction of sp³-hybridized carbons (Fsp3) is 0.438. The number of nitrogens with zero attached hydrogens (tertiary/aromatic N) is 3. The van der Waals surface area contributed by atoms with Crippen LogP contribution >= 0.6 is 0 Å². The van der Waals surface area contributed by atoms with E-state index in [2.05, 4.69) is 54.0 Å². The monoisotopic (exact) mass is 285 g/mol. The van der Waals surface area contributed by atoms with E-state index < -0.39 is 0 Å². The maximum atomic E-state index is 5.87. The molecule has 2 aromatic heterocycles. The second kappa shape index (κ2) is 6.08. The largest absolute Gasteiger partial charge is 0.384 e. The van der Waals surface area contributed by atoms with Gasteiger partial charge in [-0.25, -0.2) is 9.97 Å². The molecule has 2 heterocycles. The third-order valence-electron chi connectivity index (χ3n) is 3.22. The molecule has 0 aliphatic rings. The fourth-order valence-corrected chi connectivity index (χ4v) is 2.02. The molecule has 0 saturated heterocycles. The molecule has 0 saturated carbocycles. The highest BCUT2D eigenvalue weighted by molar-refractivity contribution is 5.45. The van der Waals surface area contributed by atoms with Gasteiger partial charge in [-0.3, -0.25) is 4.98 Å². The highest BCUT2D eigenvalue weighted by Crippen LogP contribution is 2.21. The van der Waals surface area contributed by atoms with Gasteiger partial charge in [-0.1, -0.05) is 33.8 Å². The van der Waals surface area contributed by atoms with Gasteiger partial charge in [0.1, 0.15) is 17.5 Å². The average molecular weight is 285 g/mol. The van der Waals surface area contributed by atoms with E-state index in [1.807, 2.05) is 12.3 Å². The molecule has 112 valence electrons. The van der Waals surface area contributed by atoms with Crippen LogP contribution < -0.4 is 11.1 Å². The Morgan fingerprint density at radius 1 is 1.24 bits per heavy atom. The number of nitrogens with two attached hydrogens (primary N) is 1. The first-order valence-electron chi connectivity index (χ1n) is 7.22. The van der Waals surface area contributed by atoms with Gasteiger partial charge in [0.05, 0.1) is 12.2 Å². The van der Waals surface area contributed by atoms with Crippen LogP contribution in [-0.4, -0.2) is 15.0 Å². The molecule has 3 N–H and O–H groups in total. The van der Waals surface area contributed by atoms with E-state index in [0.29, 0.717) is 12.4 Å². The summed E-state index contributed by atoms with van der Waals surface area (Å²) in [6.07, 6.45) is 2.77. The third kappa shape index (κ3) is 3.90. The third-order valence-corrected chi connectivity index (χ3v) is 3.22. The van der Waals surface area contributed by atoms with Gasteiger partial charge in [0.25, 0.3) is 0 Å². The molecular formula is C16H23N5. The number of aromatic nitrogens is 3. The van der Waals surface area contributed by atoms with Crippen LogP contribution in [-0.2, 0) is 18.4 Å². The molecule has 2 rings (SSSR count). The van der Waals surface area contributed by atoms with Crippen molar-refractivity contribution in [1.82, 2.24) is 15.0 Å². The minimum absolute atomic E-state index is 0.134. The summed E-state index contributed by atoms with van der Waals surface area (Å²) in [5.74, 6) is 1.95. The van der Waals surface area contributed by atoms with Crippen molar-refractivity contribution in [3.63, 3.8) is 0 Å². The van der Waals surface area contributed by atoms with Crippen molar-refractivity contribution in [3.05, 3.63) is 41.5 Å². The first-order valence-corrected chi connectivity index (χ1v) is 7.22. The van der Waals surface area contributed by atoms with E-state index in [9.17, 15) is 0 Å². The van der Waals surface area contributed by atoms with Crippen LogP contribution in [0.2, 0.25) is 0 Å². The van der Waals surface area contributed by atoms with Crippen molar-refractivity contribution in [2.24, 2.45) is 0 Å². The molecule has 21 heavy (non-hydrogen) atoms. The quantitative estimate of drug-likeness (QED) is 0.903. The van der Waals surface area contributed by atoms with Gasteiger partial charge in [0.15, 0.2) is 0 Å². The molecule has 5 heteroatoms. The number of anilines is 2. The molecule has 0 atom stereocenters. The van der Waals surface area contributed by atoms with E-state index in [-0.39, 0.29) is 5.41 Å². The van der Waals surface area contributed by atoms with Gasteiger partial charge in [0.2, 0.25) is 0 Å². The minimum Gasteiger partial charge on any atom is -0.384 e. The molecule has 2 aromatic rings. The van der Waals surface area contributed by atoms with Crippen LogP contribution in [0.5, 0.6) is 0 Å². The molecule has 0 aliphatic carbocycles. The summed E-state index contributed by atoms with van der Waals surface area (Å²) >= 11 is 0. The Balaban J connectivity index is 2.19. The number of aryl methyl sites for hydroxylation is 1. The van der Waals surface area contributed by atoms with E-state index in [0.717, 1.165) is 23.8 Å². The lowest BCUT2D eigenvalue weighted by molar-refractivity contribution is 0.547. The lowest BCUT2D eigenvalue weighted by Gasteiger charge is -2.18. The van der Waals surface area contributed by atoms with Crippen molar-refractivity contribution in [2.45, 2.75) is 46.1 Å². The zero-order valence-corrected chi connectivity index (χ0v) is 13.1. The molecule has 0 amide bonds. The summed E-state index contributed by atoms with van der Waals surface area (Å²) in [5.41, 5.74) is 8.02. The predicted molar refractivity (Wildman–Crippen MR) is 86.1 cm³/mol. The molecule has 5 nitrogen and oxygen atoms in total. The molecule has 0 fully saturated rings. The molecule has 0 aliphatic heterocycles. The Morgan fingerprint density at radius 2 is 2.00 bits per heavy atom. The van der Waals surface area contributed by atoms with Crippen molar-refractivity contribution >= 4 is 11.6 Å². The highest BCUT2D eigenvalue weighted by Gasteiger charge is 2.18. The Morgan fingerprint density at radius 3 is 2.67 bits per heavy atom. The lowest BCUT2D eigenvalue weighted by Crippen LogP contribution is -2.18. The molecule has 0 spiro atoms. The van der Waals surface area contributed by atoms with Crippen molar-refractivity contribution in [2.75, 3.05) is 11.1 Å². The Labute approximate surface area is 126 Å². The molecule has 0 aromatic carbocycles. The molecule has 0 bridgehead atoms. The van der Waals surface area contributed by atoms with Crippen LogP contribution in [0.3, 0.4) is 0 Å². The molecular weight excluding hydrogens is 262 g/mol. The van der Waals surface area contributed by atoms with Gasteiger partial charge in [-0.05, 0) is 18.1 Å². The first kappa shape index (κ1) is 15.2. The van der Waals surface area contributed by atoms with Crippen LogP contribution in [0.4, 0.5) is 11.6 Å². The predicted octanol–water partition coefficient (Wildman–Crippen LogP) is 2.93. The number of nitrogen functional groups attached to an aromatic ring is 1. The van der Waals surface area contributed by atoms with E-state index in [4.69, 9.17) is 5.73 Å². The van der Waals surface area contributed by atoms with Gasteiger partial charge in [-0.2, -0.15) is 0 Å². The number of nitrogens with one attached hydrogen (secondary N) is 1. The number of hydrogen-bond donors (Lipinski definition) is 2. The average Bonchev–Trinajstić information content (AvgIpc) is 2.44. The van der Waals surface area contributed by atoms with Crippen LogP contribution in [0.25, 0.3) is 0 Å². The van der Waals surface area contributed by atoms with Crippen molar-refractivity contribution in [3.8, 4) is 0 Å². The highest BCUT2D eigenvalue weighted by atomic mass is 15.1. The Kier molecular flexibility index (Phi) is 4.40. The Bertz CT molecular complexity index is 616. The van der Waals surface area contributed by atoms with Crippen LogP contribution in [0, 0.1) is 0 Å². The summed E-state index contributed by atoms with van der Waals surface area (Å²) in [7, 11) is 0. The zero-order chi connectivity index (χ0) is 15.5. The summed E-state index contributed by atoms with van der Waals surface area (Å²) in [6.45, 7) is 8.96. The van der Waals surface area contributed by atoms with E-state index in [1.165, 1.54) is 5.56 Å². The number of pyridine rings is 1. The van der Waals surface area contributed by atoms with Crippen LogP contribution in [0.1, 0.15) is 44.8 Å². The fourth-order valence-electron chi connectivity index (χ4n) is 2.02. The van der Waals surface area contributed by atoms with Crippen molar-refractivity contribution in [1.29, 1.82) is 0 Å². The van der Waals surface area contributed by atoms with Crippen LogP contribution in [0.15, 0.2) is 24.4 Å². The maximum Gasteiger partial charge on any atom is 0.138 e. The van der Waals surface area contributed by atoms with Gasteiger partial charge in [-0.15, -0.1) is 0 Å². The zero-order valence-electron chi connectivity index (χ0n) is 13.1. The SMILES string of the molecule is CCc1cccnc1CNc1cc(N)nc(C(C)(C)C)n1. The topological polar surface area (TPSA) is 76.7 Å². The van der Waals surface area contributed by atoms with E-state index >= 15 is 0 Å². The normalized spacial score (nSPS) is 11.4. The number of hydrogen-bond acceptors (Lipinski definition) is 5. The summed E-state index contributed by atoms with van der Waals surface area (Å²) in [4.78, 5) is 13.3. The summed E-state index contributed by atoms with van der Waals surface area (Å²) in [6, 6.07) is 5.81. The Hall–Kier alpha value is -2.17. The van der Waals surface area contributed by atoms with Gasteiger partial charge < -0.3 is 11.1 Å². The van der Waals surface area contributed by atoms with E-state index in [1.54, 1.807) is 6.07 Å². The standard InChI is InChI=1S/C16H23N5/c1-5-11-7-6-8-18-12(11)10-19-14-9-13(17)20-15(21-14)16(2,3)4/h6-9H,5,10H2,1-4H3,(H3,17,19,20,21). The second-order valence-electron chi connectivity index (χ2n) is 6.07. The lowest BCUT2D eigenvalue weighted by atomic mass is 9.96. The minimum atomic E-state index is -0.134.